The molecule has 2 aromatic rings. The van der Waals surface area contributed by atoms with E-state index in [1.54, 1.807) is 49.6 Å². The molecule has 0 saturated heterocycles. The van der Waals surface area contributed by atoms with Crippen LogP contribution in [0.3, 0.4) is 0 Å². The molecule has 6 nitrogen and oxygen atoms in total. The van der Waals surface area contributed by atoms with Crippen molar-refractivity contribution in [3.05, 3.63) is 48.0 Å². The van der Waals surface area contributed by atoms with Gasteiger partial charge < -0.3 is 19.5 Å². The molecular formula is C19H21NO5S. The smallest absolute Gasteiger partial charge is 0.342 e. The summed E-state index contributed by atoms with van der Waals surface area (Å²) in [6.07, 6.45) is 0.955. The Morgan fingerprint density at radius 2 is 1.85 bits per heavy atom. The fourth-order valence-corrected chi connectivity index (χ4v) is 2.62. The van der Waals surface area contributed by atoms with Gasteiger partial charge in [0, 0.05) is 16.6 Å². The van der Waals surface area contributed by atoms with Crippen LogP contribution in [0.15, 0.2) is 47.4 Å². The molecule has 1 amide bonds. The predicted molar refractivity (Wildman–Crippen MR) is 101 cm³/mol. The number of carbonyl (C=O) groups excluding carboxylic acids is 2. The summed E-state index contributed by atoms with van der Waals surface area (Å²) in [5.41, 5.74) is 0.825. The lowest BCUT2D eigenvalue weighted by atomic mass is 10.2. The molecule has 138 valence electrons. The number of ether oxygens (including phenoxy) is 3. The maximum absolute atomic E-state index is 12.4. The molecule has 0 aromatic heterocycles. The second kappa shape index (κ2) is 9.15. The number of benzene rings is 2. The van der Waals surface area contributed by atoms with Crippen LogP contribution in [0.1, 0.15) is 17.3 Å². The first-order valence-corrected chi connectivity index (χ1v) is 9.09. The van der Waals surface area contributed by atoms with Crippen LogP contribution in [0.4, 0.5) is 5.69 Å². The molecule has 1 N–H and O–H groups in total. The van der Waals surface area contributed by atoms with E-state index in [4.69, 9.17) is 14.2 Å². The van der Waals surface area contributed by atoms with Crippen LogP contribution < -0.4 is 14.8 Å². The van der Waals surface area contributed by atoms with E-state index < -0.39 is 18.0 Å². The van der Waals surface area contributed by atoms with Gasteiger partial charge in [0.1, 0.15) is 17.1 Å². The molecule has 7 heteroatoms. The van der Waals surface area contributed by atoms with Crippen LogP contribution in [0.5, 0.6) is 11.5 Å². The van der Waals surface area contributed by atoms with Gasteiger partial charge in [0.05, 0.1) is 14.2 Å². The summed E-state index contributed by atoms with van der Waals surface area (Å²) in [5.74, 6) is -0.0394. The Labute approximate surface area is 156 Å². The van der Waals surface area contributed by atoms with Gasteiger partial charge in [-0.1, -0.05) is 6.07 Å². The maximum atomic E-state index is 12.4. The molecule has 0 unspecified atom stereocenters. The standard InChI is InChI=1S/C19H21NO5S/c1-12(18(21)20-13-6-5-7-14(10-13)23-2)25-19(22)16-9-8-15(26-4)11-17(16)24-3/h5-12H,1-4H3,(H,20,21)/t12-/m1/s1. The molecule has 0 aliphatic carbocycles. The average molecular weight is 375 g/mol. The highest BCUT2D eigenvalue weighted by Gasteiger charge is 2.21. The van der Waals surface area contributed by atoms with Crippen molar-refractivity contribution in [2.24, 2.45) is 0 Å². The van der Waals surface area contributed by atoms with Gasteiger partial charge in [0.25, 0.3) is 5.91 Å². The molecule has 2 aromatic carbocycles. The van der Waals surface area contributed by atoms with Gasteiger partial charge in [-0.3, -0.25) is 4.79 Å². The van der Waals surface area contributed by atoms with E-state index in [0.29, 0.717) is 17.2 Å². The molecule has 0 heterocycles. The summed E-state index contributed by atoms with van der Waals surface area (Å²) >= 11 is 1.54. The Balaban J connectivity index is 2.05. The number of hydrogen-bond donors (Lipinski definition) is 1. The number of anilines is 1. The van der Waals surface area contributed by atoms with E-state index in [-0.39, 0.29) is 5.56 Å². The van der Waals surface area contributed by atoms with Gasteiger partial charge in [-0.05, 0) is 43.5 Å². The van der Waals surface area contributed by atoms with E-state index in [9.17, 15) is 9.59 Å². The molecule has 0 aliphatic heterocycles. The third kappa shape index (κ3) is 4.92. The van der Waals surface area contributed by atoms with Gasteiger partial charge in [0.15, 0.2) is 6.10 Å². The highest BCUT2D eigenvalue weighted by molar-refractivity contribution is 7.98. The van der Waals surface area contributed by atoms with E-state index in [0.717, 1.165) is 4.90 Å². The van der Waals surface area contributed by atoms with Gasteiger partial charge in [-0.15, -0.1) is 11.8 Å². The van der Waals surface area contributed by atoms with Crippen LogP contribution in [0.25, 0.3) is 0 Å². The van der Waals surface area contributed by atoms with Crippen molar-refractivity contribution < 1.29 is 23.8 Å². The Morgan fingerprint density at radius 1 is 1.08 bits per heavy atom. The molecule has 0 radical (unpaired) electrons. The number of methoxy groups -OCH3 is 2. The van der Waals surface area contributed by atoms with Crippen molar-refractivity contribution in [3.8, 4) is 11.5 Å². The number of carbonyl (C=O) groups is 2. The molecule has 0 saturated carbocycles. The second-order valence-electron chi connectivity index (χ2n) is 5.33. The van der Waals surface area contributed by atoms with E-state index >= 15 is 0 Å². The van der Waals surface area contributed by atoms with Crippen molar-refractivity contribution in [1.29, 1.82) is 0 Å². The minimum atomic E-state index is -0.973. The predicted octanol–water partition coefficient (Wildman–Crippen LogP) is 3.61. The number of amides is 1. The number of thioether (sulfide) groups is 1. The Bertz CT molecular complexity index is 793. The molecule has 0 aliphatic rings. The summed E-state index contributed by atoms with van der Waals surface area (Å²) in [5, 5.41) is 2.69. The van der Waals surface area contributed by atoms with E-state index in [1.807, 2.05) is 6.26 Å². The minimum Gasteiger partial charge on any atom is -0.497 e. The summed E-state index contributed by atoms with van der Waals surface area (Å²) in [4.78, 5) is 25.6. The number of nitrogens with one attached hydrogen (secondary N) is 1. The fraction of sp³-hybridized carbons (Fsp3) is 0.263. The quantitative estimate of drug-likeness (QED) is 0.589. The number of esters is 1. The third-order valence-electron chi connectivity index (χ3n) is 3.62. The summed E-state index contributed by atoms with van der Waals surface area (Å²) in [6.45, 7) is 1.51. The summed E-state index contributed by atoms with van der Waals surface area (Å²) in [6, 6.07) is 12.1. The normalized spacial score (nSPS) is 11.4. The van der Waals surface area contributed by atoms with Crippen LogP contribution in [0, 0.1) is 0 Å². The van der Waals surface area contributed by atoms with Gasteiger partial charge >= 0.3 is 5.97 Å². The van der Waals surface area contributed by atoms with E-state index in [1.165, 1.54) is 25.8 Å². The largest absolute Gasteiger partial charge is 0.497 e. The molecule has 26 heavy (non-hydrogen) atoms. The van der Waals surface area contributed by atoms with Gasteiger partial charge in [0.2, 0.25) is 0 Å². The molecule has 0 fully saturated rings. The Morgan fingerprint density at radius 3 is 2.50 bits per heavy atom. The second-order valence-corrected chi connectivity index (χ2v) is 6.21. The SMILES string of the molecule is COc1cccc(NC(=O)[C@@H](C)OC(=O)c2ccc(SC)cc2OC)c1. The average Bonchev–Trinajstić information content (AvgIpc) is 2.67. The van der Waals surface area contributed by atoms with Crippen molar-refractivity contribution in [2.75, 3.05) is 25.8 Å². The first kappa shape index (κ1) is 19.7. The fourth-order valence-electron chi connectivity index (χ4n) is 2.19. The lowest BCUT2D eigenvalue weighted by molar-refractivity contribution is -0.123. The van der Waals surface area contributed by atoms with Crippen LogP contribution in [-0.4, -0.2) is 38.5 Å². The topological polar surface area (TPSA) is 73.9 Å². The summed E-state index contributed by atoms with van der Waals surface area (Å²) in [7, 11) is 3.02. The van der Waals surface area contributed by atoms with Crippen LogP contribution in [-0.2, 0) is 9.53 Å². The zero-order valence-electron chi connectivity index (χ0n) is 15.1. The van der Waals surface area contributed by atoms with Crippen molar-refractivity contribution in [2.45, 2.75) is 17.9 Å². The minimum absolute atomic E-state index is 0.270. The highest BCUT2D eigenvalue weighted by atomic mass is 32.2. The monoisotopic (exact) mass is 375 g/mol. The zero-order valence-corrected chi connectivity index (χ0v) is 15.9. The first-order valence-electron chi connectivity index (χ1n) is 7.86. The number of rotatable bonds is 7. The van der Waals surface area contributed by atoms with Crippen molar-refractivity contribution in [3.63, 3.8) is 0 Å². The van der Waals surface area contributed by atoms with Crippen molar-refractivity contribution in [1.82, 2.24) is 0 Å². The number of hydrogen-bond acceptors (Lipinski definition) is 6. The molecular weight excluding hydrogens is 354 g/mol. The van der Waals surface area contributed by atoms with E-state index in [2.05, 4.69) is 5.32 Å². The Hall–Kier alpha value is -2.67. The van der Waals surface area contributed by atoms with Crippen LogP contribution >= 0.6 is 11.8 Å². The third-order valence-corrected chi connectivity index (χ3v) is 4.34. The Kier molecular flexibility index (Phi) is 6.91. The molecule has 0 spiro atoms. The zero-order chi connectivity index (χ0) is 19.1. The maximum Gasteiger partial charge on any atom is 0.342 e. The van der Waals surface area contributed by atoms with Gasteiger partial charge in [-0.25, -0.2) is 4.79 Å². The van der Waals surface area contributed by atoms with Crippen LogP contribution in [0.2, 0.25) is 0 Å². The summed E-state index contributed by atoms with van der Waals surface area (Å²) < 4.78 is 15.6. The van der Waals surface area contributed by atoms with Gasteiger partial charge in [-0.2, -0.15) is 0 Å². The lowest BCUT2D eigenvalue weighted by Gasteiger charge is -2.15. The molecule has 0 bridgehead atoms. The highest BCUT2D eigenvalue weighted by Crippen LogP contribution is 2.26. The van der Waals surface area contributed by atoms with Crippen molar-refractivity contribution >= 4 is 29.3 Å². The molecule has 2 rings (SSSR count). The molecule has 1 atom stereocenters. The first-order chi connectivity index (χ1) is 12.5. The lowest BCUT2D eigenvalue weighted by Crippen LogP contribution is -2.30.